The molecule has 1 spiro atoms. The van der Waals surface area contributed by atoms with Gasteiger partial charge in [0.15, 0.2) is 17.5 Å². The Hall–Kier alpha value is -8.32. The van der Waals surface area contributed by atoms with Crippen molar-refractivity contribution in [1.82, 2.24) is 19.9 Å². The van der Waals surface area contributed by atoms with Crippen molar-refractivity contribution in [2.75, 3.05) is 0 Å². The molecule has 0 fully saturated rings. The van der Waals surface area contributed by atoms with Crippen LogP contribution in [0.25, 0.3) is 98.4 Å². The van der Waals surface area contributed by atoms with Crippen LogP contribution in [0, 0.1) is 0 Å². The van der Waals surface area contributed by atoms with Gasteiger partial charge in [-0.25, -0.2) is 19.9 Å². The maximum Gasteiger partial charge on any atom is 0.165 e. The maximum atomic E-state index is 7.21. The molecule has 0 atom stereocenters. The van der Waals surface area contributed by atoms with Gasteiger partial charge in [-0.2, -0.15) is 0 Å². The smallest absolute Gasteiger partial charge is 0.165 e. The van der Waals surface area contributed by atoms with E-state index in [4.69, 9.17) is 24.7 Å². The number of nitrogens with zero attached hydrogens (tertiary/aromatic N) is 4. The number of thiophene rings is 1. The Kier molecular flexibility index (Phi) is 7.71. The van der Waals surface area contributed by atoms with Gasteiger partial charge in [0.2, 0.25) is 0 Å². The van der Waals surface area contributed by atoms with Crippen molar-refractivity contribution >= 4 is 53.2 Å². The largest absolute Gasteiger partial charge is 0.456 e. The van der Waals surface area contributed by atoms with Crippen LogP contribution in [0.1, 0.15) is 22.3 Å². The van der Waals surface area contributed by atoms with Crippen molar-refractivity contribution in [3.63, 3.8) is 0 Å². The third kappa shape index (κ3) is 5.20. The van der Waals surface area contributed by atoms with Gasteiger partial charge in [0.1, 0.15) is 11.5 Å². The van der Waals surface area contributed by atoms with Gasteiger partial charge in [0.25, 0.3) is 0 Å². The SMILES string of the molecule is c1ccc(-c2nc(-c3cccc(-c4nc5ccccc5c5c6c(ccc45)C4(c5ccccc5O6)c5ccccc5-c5ccccc54)c3)nc(-c3cccc4c3sc3ccccc34)n2)cc1. The summed E-state index contributed by atoms with van der Waals surface area (Å²) in [5, 5.41) is 5.52. The minimum atomic E-state index is -0.580. The van der Waals surface area contributed by atoms with E-state index < -0.39 is 5.41 Å². The van der Waals surface area contributed by atoms with Crippen LogP contribution >= 0.6 is 11.3 Å². The summed E-state index contributed by atoms with van der Waals surface area (Å²) in [5.74, 6) is 3.57. The zero-order valence-electron chi connectivity index (χ0n) is 34.7. The lowest BCUT2D eigenvalue weighted by Crippen LogP contribution is -2.32. The molecule has 302 valence electrons. The molecule has 5 nitrogen and oxygen atoms in total. The highest BCUT2D eigenvalue weighted by atomic mass is 32.1. The molecular formula is C59H34N4OS. The normalized spacial score (nSPS) is 13.2. The first-order valence-electron chi connectivity index (χ1n) is 21.9. The second-order valence-corrected chi connectivity index (χ2v) is 17.9. The highest BCUT2D eigenvalue weighted by Crippen LogP contribution is 2.63. The fourth-order valence-corrected chi connectivity index (χ4v) is 11.9. The predicted octanol–water partition coefficient (Wildman–Crippen LogP) is 15.1. The summed E-state index contributed by atoms with van der Waals surface area (Å²) in [5.41, 5.74) is 12.2. The number of ether oxygens (including phenoxy) is 1. The molecule has 1 aliphatic heterocycles. The van der Waals surface area contributed by atoms with Gasteiger partial charge in [-0.15, -0.1) is 11.3 Å². The third-order valence-corrected chi connectivity index (χ3v) is 14.6. The lowest BCUT2D eigenvalue weighted by atomic mass is 9.65. The second-order valence-electron chi connectivity index (χ2n) is 16.8. The molecule has 0 N–H and O–H groups in total. The molecule has 6 heteroatoms. The third-order valence-electron chi connectivity index (χ3n) is 13.4. The minimum absolute atomic E-state index is 0.580. The number of aromatic nitrogens is 4. The number of pyridine rings is 1. The molecule has 2 aliphatic rings. The average Bonchev–Trinajstić information content (AvgIpc) is 3.90. The quantitative estimate of drug-likeness (QED) is 0.165. The Morgan fingerprint density at radius 3 is 1.82 bits per heavy atom. The van der Waals surface area contributed by atoms with Gasteiger partial charge in [0, 0.05) is 69.7 Å². The first kappa shape index (κ1) is 36.2. The van der Waals surface area contributed by atoms with Gasteiger partial charge in [-0.3, -0.25) is 0 Å². The molecule has 0 bridgehead atoms. The van der Waals surface area contributed by atoms with Crippen molar-refractivity contribution in [1.29, 1.82) is 0 Å². The van der Waals surface area contributed by atoms with Crippen LogP contribution in [0.2, 0.25) is 0 Å². The monoisotopic (exact) mass is 846 g/mol. The molecule has 0 saturated carbocycles. The van der Waals surface area contributed by atoms with Gasteiger partial charge in [-0.05, 0) is 52.6 Å². The van der Waals surface area contributed by atoms with Gasteiger partial charge in [0.05, 0.1) is 16.6 Å². The first-order chi connectivity index (χ1) is 32.2. The fourth-order valence-electron chi connectivity index (χ4n) is 10.6. The Bertz CT molecular complexity index is 3910. The minimum Gasteiger partial charge on any atom is -0.456 e. The van der Waals surface area contributed by atoms with Crippen molar-refractivity contribution in [2.45, 2.75) is 5.41 Å². The van der Waals surface area contributed by atoms with E-state index in [0.29, 0.717) is 17.5 Å². The van der Waals surface area contributed by atoms with Crippen LogP contribution in [0.3, 0.4) is 0 Å². The molecule has 0 amide bonds. The zero-order valence-corrected chi connectivity index (χ0v) is 35.6. The number of hydrogen-bond donors (Lipinski definition) is 0. The lowest BCUT2D eigenvalue weighted by molar-refractivity contribution is 0.442. The number of fused-ring (bicyclic) bond motifs is 16. The van der Waals surface area contributed by atoms with E-state index in [1.165, 1.54) is 37.7 Å². The van der Waals surface area contributed by atoms with E-state index in [2.05, 4.69) is 188 Å². The molecule has 9 aromatic carbocycles. The van der Waals surface area contributed by atoms with Crippen LogP contribution in [-0.4, -0.2) is 19.9 Å². The molecule has 4 heterocycles. The molecule has 1 aliphatic carbocycles. The first-order valence-corrected chi connectivity index (χ1v) is 22.7. The van der Waals surface area contributed by atoms with E-state index in [9.17, 15) is 0 Å². The molecule has 65 heavy (non-hydrogen) atoms. The predicted molar refractivity (Wildman–Crippen MR) is 265 cm³/mol. The van der Waals surface area contributed by atoms with Crippen molar-refractivity contribution in [2.24, 2.45) is 0 Å². The maximum absolute atomic E-state index is 7.21. The van der Waals surface area contributed by atoms with Crippen molar-refractivity contribution < 1.29 is 4.74 Å². The molecule has 0 radical (unpaired) electrons. The van der Waals surface area contributed by atoms with E-state index in [1.54, 1.807) is 11.3 Å². The van der Waals surface area contributed by atoms with Gasteiger partial charge < -0.3 is 4.74 Å². The number of hydrogen-bond acceptors (Lipinski definition) is 6. The number of rotatable bonds is 4. The van der Waals surface area contributed by atoms with Crippen LogP contribution in [-0.2, 0) is 5.41 Å². The standard InChI is InChI=1S/C59H34N4OS/c1-2-16-35(17-3-1)56-61-57(63-58(62-56)44-25-15-24-41-40-22-7-13-31-51(40)65-55(41)44)37-19-14-18-36(34-37)53-43-32-33-48-54(52(43)42-23-6-11-29-49(42)60-53)64-50-30-12-10-28-47(50)59(48)45-26-8-4-20-38(45)39-21-5-9-27-46(39)59/h1-34H. The highest BCUT2D eigenvalue weighted by Gasteiger charge is 2.51. The Balaban J connectivity index is 0.995. The summed E-state index contributed by atoms with van der Waals surface area (Å²) in [7, 11) is 0. The van der Waals surface area contributed by atoms with E-state index >= 15 is 0 Å². The van der Waals surface area contributed by atoms with Crippen molar-refractivity contribution in [3.05, 3.63) is 229 Å². The van der Waals surface area contributed by atoms with Crippen LogP contribution in [0.5, 0.6) is 11.5 Å². The summed E-state index contributed by atoms with van der Waals surface area (Å²) in [6.07, 6.45) is 0. The molecule has 12 aromatic rings. The second kappa shape index (κ2) is 13.8. The topological polar surface area (TPSA) is 60.8 Å². The Morgan fingerprint density at radius 1 is 0.385 bits per heavy atom. The van der Waals surface area contributed by atoms with Gasteiger partial charge in [-0.1, -0.05) is 176 Å². The van der Waals surface area contributed by atoms with Crippen LogP contribution < -0.4 is 4.74 Å². The molecule has 14 rings (SSSR count). The number of para-hydroxylation sites is 2. The Morgan fingerprint density at radius 2 is 0.985 bits per heavy atom. The van der Waals surface area contributed by atoms with Crippen molar-refractivity contribution in [3.8, 4) is 68.0 Å². The summed E-state index contributed by atoms with van der Waals surface area (Å²) in [4.78, 5) is 21.0. The average molecular weight is 847 g/mol. The van der Waals surface area contributed by atoms with Crippen LogP contribution in [0.4, 0.5) is 0 Å². The summed E-state index contributed by atoms with van der Waals surface area (Å²) < 4.78 is 9.60. The number of benzene rings is 9. The van der Waals surface area contributed by atoms with Crippen LogP contribution in [0.15, 0.2) is 206 Å². The molecule has 0 saturated heterocycles. The zero-order chi connectivity index (χ0) is 42.6. The lowest BCUT2D eigenvalue weighted by Gasteiger charge is -2.40. The van der Waals surface area contributed by atoms with E-state index in [1.807, 2.05) is 18.2 Å². The van der Waals surface area contributed by atoms with Gasteiger partial charge >= 0.3 is 0 Å². The van der Waals surface area contributed by atoms with E-state index in [-0.39, 0.29) is 0 Å². The highest BCUT2D eigenvalue weighted by molar-refractivity contribution is 7.26. The van der Waals surface area contributed by atoms with E-state index in [0.717, 1.165) is 76.9 Å². The summed E-state index contributed by atoms with van der Waals surface area (Å²) in [6.45, 7) is 0. The fraction of sp³-hybridized carbons (Fsp3) is 0.0169. The molecule has 3 aromatic heterocycles. The Labute approximate surface area is 378 Å². The summed E-state index contributed by atoms with van der Waals surface area (Å²) in [6, 6.07) is 72.9. The molecule has 0 unspecified atom stereocenters. The summed E-state index contributed by atoms with van der Waals surface area (Å²) >= 11 is 1.77. The molecular weight excluding hydrogens is 813 g/mol.